The summed E-state index contributed by atoms with van der Waals surface area (Å²) >= 11 is 3.46. The van der Waals surface area contributed by atoms with Crippen molar-refractivity contribution in [2.24, 2.45) is 0 Å². The molecule has 35 heavy (non-hydrogen) atoms. The van der Waals surface area contributed by atoms with Gasteiger partial charge in [-0.1, -0.05) is 0 Å². The van der Waals surface area contributed by atoms with E-state index >= 15 is 0 Å². The Balaban J connectivity index is 1.34. The molecule has 5 rings (SSSR count). The molecule has 1 saturated heterocycles. The molecule has 0 amide bonds. The van der Waals surface area contributed by atoms with Gasteiger partial charge in [0.25, 0.3) is 0 Å². The zero-order valence-electron chi connectivity index (χ0n) is 19.4. The van der Waals surface area contributed by atoms with Crippen molar-refractivity contribution in [3.63, 3.8) is 0 Å². The van der Waals surface area contributed by atoms with Crippen molar-refractivity contribution in [1.29, 1.82) is 0 Å². The Morgan fingerprint density at radius 2 is 1.89 bits per heavy atom. The van der Waals surface area contributed by atoms with Crippen LogP contribution in [-0.2, 0) is 16.6 Å². The number of aromatic nitrogens is 6. The highest BCUT2D eigenvalue weighted by molar-refractivity contribution is 9.10. The van der Waals surface area contributed by atoms with Gasteiger partial charge in [0.05, 0.1) is 17.5 Å². The number of nitrogens with zero attached hydrogens (tertiary/aromatic N) is 6. The molecule has 1 aliphatic rings. The van der Waals surface area contributed by atoms with Gasteiger partial charge in [0.1, 0.15) is 16.0 Å². The van der Waals surface area contributed by atoms with E-state index < -0.39 is 10.0 Å². The highest BCUT2D eigenvalue weighted by Gasteiger charge is 2.31. The first-order valence-electron chi connectivity index (χ1n) is 11.5. The van der Waals surface area contributed by atoms with Crippen LogP contribution in [0.15, 0.2) is 52.1 Å². The van der Waals surface area contributed by atoms with E-state index in [2.05, 4.69) is 53.8 Å². The standard InChI is InChI=1S/C23H26BrN7O3S/c1-15(2)34-17-3-5-18(6-4-17)35(32,33)31-11-9-16(10-12-31)20-13-30(14-22-26-28-29-27-22)23-19(20)7-8-21(24)25-23/h3-8,13,15-16H,9-12,14H2,1-2H3,(H,26,27,28,29). The average molecular weight is 560 g/mol. The van der Waals surface area contributed by atoms with Gasteiger partial charge in [-0.3, -0.25) is 0 Å². The van der Waals surface area contributed by atoms with E-state index in [0.29, 0.717) is 36.1 Å². The molecule has 0 atom stereocenters. The number of hydrogen-bond acceptors (Lipinski definition) is 7. The fraction of sp³-hybridized carbons (Fsp3) is 0.391. The monoisotopic (exact) mass is 559 g/mol. The van der Waals surface area contributed by atoms with Crippen LogP contribution in [0.1, 0.15) is 44.0 Å². The van der Waals surface area contributed by atoms with E-state index in [4.69, 9.17) is 4.74 Å². The molecular formula is C23H26BrN7O3S. The lowest BCUT2D eigenvalue weighted by Crippen LogP contribution is -2.37. The van der Waals surface area contributed by atoms with Gasteiger partial charge < -0.3 is 9.30 Å². The number of benzene rings is 1. The minimum Gasteiger partial charge on any atom is -0.491 e. The lowest BCUT2D eigenvalue weighted by atomic mass is 9.90. The molecule has 0 unspecified atom stereocenters. The second-order valence-corrected chi connectivity index (χ2v) is 11.6. The lowest BCUT2D eigenvalue weighted by molar-refractivity contribution is 0.242. The summed E-state index contributed by atoms with van der Waals surface area (Å²) in [7, 11) is -3.56. The fourth-order valence-electron chi connectivity index (χ4n) is 4.54. The first-order valence-corrected chi connectivity index (χ1v) is 13.7. The summed E-state index contributed by atoms with van der Waals surface area (Å²) in [4.78, 5) is 4.96. The number of pyridine rings is 1. The number of ether oxygens (including phenoxy) is 1. The van der Waals surface area contributed by atoms with Crippen molar-refractivity contribution in [2.45, 2.75) is 50.2 Å². The number of hydrogen-bond donors (Lipinski definition) is 1. The summed E-state index contributed by atoms with van der Waals surface area (Å²) in [6.45, 7) is 5.26. The van der Waals surface area contributed by atoms with Crippen LogP contribution < -0.4 is 4.74 Å². The zero-order valence-corrected chi connectivity index (χ0v) is 21.8. The maximum absolute atomic E-state index is 13.2. The normalized spacial score (nSPS) is 15.8. The summed E-state index contributed by atoms with van der Waals surface area (Å²) in [6.07, 6.45) is 3.58. The molecule has 10 nitrogen and oxygen atoms in total. The summed E-state index contributed by atoms with van der Waals surface area (Å²) in [5.74, 6) is 1.53. The molecular weight excluding hydrogens is 534 g/mol. The Labute approximate surface area is 211 Å². The molecule has 4 aromatic rings. The van der Waals surface area contributed by atoms with E-state index in [9.17, 15) is 8.42 Å². The topological polar surface area (TPSA) is 119 Å². The Morgan fingerprint density at radius 1 is 1.14 bits per heavy atom. The van der Waals surface area contributed by atoms with Gasteiger partial charge in [0.2, 0.25) is 10.0 Å². The summed E-state index contributed by atoms with van der Waals surface area (Å²) < 4.78 is 36.5. The van der Waals surface area contributed by atoms with Crippen LogP contribution in [0.25, 0.3) is 11.0 Å². The number of aromatic amines is 1. The van der Waals surface area contributed by atoms with Gasteiger partial charge >= 0.3 is 0 Å². The second kappa shape index (κ2) is 9.67. The average Bonchev–Trinajstić information content (AvgIpc) is 3.47. The predicted octanol–water partition coefficient (Wildman–Crippen LogP) is 3.72. The molecule has 12 heteroatoms. The van der Waals surface area contributed by atoms with Gasteiger partial charge in [-0.15, -0.1) is 5.10 Å². The molecule has 3 aromatic heterocycles. The van der Waals surface area contributed by atoms with Crippen LogP contribution >= 0.6 is 15.9 Å². The number of rotatable bonds is 7. The Hall–Kier alpha value is -2.83. The molecule has 0 radical (unpaired) electrons. The van der Waals surface area contributed by atoms with Gasteiger partial charge in [0.15, 0.2) is 5.82 Å². The Bertz CT molecular complexity index is 1410. The number of halogens is 1. The molecule has 0 saturated carbocycles. The zero-order chi connectivity index (χ0) is 24.6. The van der Waals surface area contributed by atoms with Crippen LogP contribution in [0, 0.1) is 0 Å². The van der Waals surface area contributed by atoms with Crippen molar-refractivity contribution in [3.8, 4) is 5.75 Å². The van der Waals surface area contributed by atoms with Crippen molar-refractivity contribution in [1.82, 2.24) is 34.5 Å². The van der Waals surface area contributed by atoms with E-state index in [-0.39, 0.29) is 12.0 Å². The molecule has 1 fully saturated rings. The van der Waals surface area contributed by atoms with E-state index in [1.807, 2.05) is 24.5 Å². The largest absolute Gasteiger partial charge is 0.491 e. The van der Waals surface area contributed by atoms with Crippen molar-refractivity contribution < 1.29 is 13.2 Å². The summed E-state index contributed by atoms with van der Waals surface area (Å²) in [6, 6.07) is 10.6. The number of tetrazole rings is 1. The highest BCUT2D eigenvalue weighted by atomic mass is 79.9. The number of sulfonamides is 1. The van der Waals surface area contributed by atoms with Crippen LogP contribution in [-0.4, -0.2) is 62.1 Å². The van der Waals surface area contributed by atoms with Gasteiger partial charge in [-0.25, -0.2) is 18.5 Å². The molecule has 0 spiro atoms. The molecule has 0 bridgehead atoms. The molecule has 184 valence electrons. The van der Waals surface area contributed by atoms with E-state index in [1.165, 1.54) is 5.56 Å². The van der Waals surface area contributed by atoms with Crippen LogP contribution in [0.4, 0.5) is 0 Å². The van der Waals surface area contributed by atoms with Crippen molar-refractivity contribution in [2.75, 3.05) is 13.1 Å². The third-order valence-electron chi connectivity index (χ3n) is 6.16. The predicted molar refractivity (Wildman–Crippen MR) is 134 cm³/mol. The third kappa shape index (κ3) is 4.95. The Kier molecular flexibility index (Phi) is 6.60. The highest BCUT2D eigenvalue weighted by Crippen LogP contribution is 2.36. The van der Waals surface area contributed by atoms with Gasteiger partial charge in [0, 0.05) is 24.7 Å². The number of H-pyrrole nitrogens is 1. The molecule has 4 heterocycles. The summed E-state index contributed by atoms with van der Waals surface area (Å²) in [5, 5.41) is 15.1. The van der Waals surface area contributed by atoms with Crippen LogP contribution in [0.3, 0.4) is 0 Å². The quantitative estimate of drug-likeness (QED) is 0.342. The first-order chi connectivity index (χ1) is 16.8. The second-order valence-electron chi connectivity index (χ2n) is 8.88. The maximum atomic E-state index is 13.2. The Morgan fingerprint density at radius 3 is 2.54 bits per heavy atom. The van der Waals surface area contributed by atoms with E-state index in [0.717, 1.165) is 28.5 Å². The molecule has 0 aliphatic carbocycles. The molecule has 1 aromatic carbocycles. The molecule has 1 aliphatic heterocycles. The van der Waals surface area contributed by atoms with Crippen molar-refractivity contribution >= 4 is 37.0 Å². The van der Waals surface area contributed by atoms with Crippen molar-refractivity contribution in [3.05, 3.63) is 58.6 Å². The van der Waals surface area contributed by atoms with Gasteiger partial charge in [-0.2, -0.15) is 4.31 Å². The fourth-order valence-corrected chi connectivity index (χ4v) is 6.31. The minimum atomic E-state index is -3.56. The maximum Gasteiger partial charge on any atom is 0.243 e. The smallest absolute Gasteiger partial charge is 0.243 e. The number of fused-ring (bicyclic) bond motifs is 1. The molecule has 1 N–H and O–H groups in total. The van der Waals surface area contributed by atoms with Crippen LogP contribution in [0.2, 0.25) is 0 Å². The minimum absolute atomic E-state index is 0.0335. The third-order valence-corrected chi connectivity index (χ3v) is 8.51. The number of piperidine rings is 1. The summed E-state index contributed by atoms with van der Waals surface area (Å²) in [5.41, 5.74) is 2.00. The lowest BCUT2D eigenvalue weighted by Gasteiger charge is -2.31. The van der Waals surface area contributed by atoms with E-state index in [1.54, 1.807) is 28.6 Å². The SMILES string of the molecule is CC(C)Oc1ccc(S(=O)(=O)N2CCC(c3cn(Cc4nnn[nH]4)c4nc(Br)ccc34)CC2)cc1. The first kappa shape index (κ1) is 23.9. The van der Waals surface area contributed by atoms with Crippen LogP contribution in [0.5, 0.6) is 5.75 Å². The number of nitrogens with one attached hydrogen (secondary N) is 1. The van der Waals surface area contributed by atoms with Gasteiger partial charge in [-0.05, 0) is 101 Å².